The summed E-state index contributed by atoms with van der Waals surface area (Å²) >= 11 is 0. The van der Waals surface area contributed by atoms with Crippen molar-refractivity contribution in [2.24, 2.45) is 0 Å². The van der Waals surface area contributed by atoms with E-state index < -0.39 is 11.0 Å². The summed E-state index contributed by atoms with van der Waals surface area (Å²) in [6.45, 7) is 0. The van der Waals surface area contributed by atoms with Crippen LogP contribution in [0, 0.1) is 10.1 Å². The molecule has 0 saturated heterocycles. The van der Waals surface area contributed by atoms with Crippen molar-refractivity contribution in [3.05, 3.63) is 51.6 Å². The van der Waals surface area contributed by atoms with E-state index in [1.807, 2.05) is 0 Å². The molecule has 1 N–H and O–H groups in total. The predicted octanol–water partition coefficient (Wildman–Crippen LogP) is 2.71. The number of rotatable bonds is 7. The molecule has 0 heterocycles. The molecule has 0 aliphatic carbocycles. The zero-order valence-corrected chi connectivity index (χ0v) is 14.3. The van der Waals surface area contributed by atoms with Crippen molar-refractivity contribution in [2.45, 2.75) is 6.10 Å². The van der Waals surface area contributed by atoms with Crippen LogP contribution >= 0.6 is 0 Å². The topological polar surface area (TPSA) is 100 Å². The fourth-order valence-electron chi connectivity index (χ4n) is 2.47. The highest BCUT2D eigenvalue weighted by Gasteiger charge is 2.21. The van der Waals surface area contributed by atoms with Gasteiger partial charge in [-0.2, -0.15) is 0 Å². The predicted molar refractivity (Wildman–Crippen MR) is 89.8 cm³/mol. The first-order valence-electron chi connectivity index (χ1n) is 7.27. The van der Waals surface area contributed by atoms with Crippen molar-refractivity contribution < 1.29 is 29.0 Å². The first-order valence-corrected chi connectivity index (χ1v) is 7.27. The highest BCUT2D eigenvalue weighted by molar-refractivity contribution is 5.56. The molecule has 25 heavy (non-hydrogen) atoms. The maximum atomic E-state index is 11.0. The Morgan fingerprint density at radius 1 is 0.880 bits per heavy atom. The van der Waals surface area contributed by atoms with Crippen LogP contribution in [0.1, 0.15) is 17.2 Å². The molecule has 0 aliphatic heterocycles. The Hall–Kier alpha value is -3.00. The quantitative estimate of drug-likeness (QED) is 0.606. The molecule has 0 aliphatic rings. The number of nitrogens with zero attached hydrogens (tertiary/aromatic N) is 1. The minimum Gasteiger partial charge on any atom is -0.493 e. The Morgan fingerprint density at radius 3 is 1.84 bits per heavy atom. The molecule has 0 aromatic heterocycles. The Bertz CT molecular complexity index is 751. The third-order valence-corrected chi connectivity index (χ3v) is 3.72. The zero-order valence-electron chi connectivity index (χ0n) is 14.3. The normalized spacial score (nSPS) is 11.6. The van der Waals surface area contributed by atoms with E-state index in [0.717, 1.165) is 0 Å². The van der Waals surface area contributed by atoms with Gasteiger partial charge in [-0.3, -0.25) is 10.1 Å². The van der Waals surface area contributed by atoms with Gasteiger partial charge in [-0.05, 0) is 35.4 Å². The molecule has 0 bridgehead atoms. The molecular formula is C17H19NO7. The lowest BCUT2D eigenvalue weighted by Crippen LogP contribution is -2.04. The van der Waals surface area contributed by atoms with E-state index in [4.69, 9.17) is 18.9 Å². The highest BCUT2D eigenvalue weighted by Crippen LogP contribution is 2.41. The molecule has 8 heteroatoms. The van der Waals surface area contributed by atoms with Gasteiger partial charge in [0.2, 0.25) is 5.75 Å². The van der Waals surface area contributed by atoms with E-state index >= 15 is 0 Å². The van der Waals surface area contributed by atoms with Crippen LogP contribution in [0.2, 0.25) is 0 Å². The van der Waals surface area contributed by atoms with E-state index in [1.54, 1.807) is 12.1 Å². The average molecular weight is 349 g/mol. The van der Waals surface area contributed by atoms with Gasteiger partial charge in [0, 0.05) is 6.07 Å². The summed E-state index contributed by atoms with van der Waals surface area (Å²) in [6.07, 6.45) is -1.07. The summed E-state index contributed by atoms with van der Waals surface area (Å²) in [5, 5.41) is 21.7. The highest BCUT2D eigenvalue weighted by atomic mass is 16.6. The number of aliphatic hydroxyl groups is 1. The first-order chi connectivity index (χ1) is 12.0. The van der Waals surface area contributed by atoms with Gasteiger partial charge >= 0.3 is 5.69 Å². The van der Waals surface area contributed by atoms with Crippen LogP contribution in [0.15, 0.2) is 30.3 Å². The smallest absolute Gasteiger partial charge is 0.310 e. The van der Waals surface area contributed by atoms with Crippen molar-refractivity contribution in [2.75, 3.05) is 28.4 Å². The molecule has 0 spiro atoms. The number of ether oxygens (including phenoxy) is 4. The van der Waals surface area contributed by atoms with Gasteiger partial charge in [0.05, 0.1) is 33.4 Å². The third kappa shape index (κ3) is 3.58. The second-order valence-electron chi connectivity index (χ2n) is 5.05. The molecule has 0 saturated carbocycles. The first kappa shape index (κ1) is 18.3. The van der Waals surface area contributed by atoms with Crippen molar-refractivity contribution in [1.29, 1.82) is 0 Å². The largest absolute Gasteiger partial charge is 0.493 e. The molecule has 8 nitrogen and oxygen atoms in total. The fraction of sp³-hybridized carbons (Fsp3) is 0.294. The number of nitro groups is 1. The number of aliphatic hydroxyl groups excluding tert-OH is 1. The van der Waals surface area contributed by atoms with E-state index in [0.29, 0.717) is 28.4 Å². The van der Waals surface area contributed by atoms with Crippen LogP contribution < -0.4 is 18.9 Å². The second-order valence-corrected chi connectivity index (χ2v) is 5.05. The Balaban J connectivity index is 2.50. The molecule has 134 valence electrons. The van der Waals surface area contributed by atoms with Gasteiger partial charge in [-0.15, -0.1) is 0 Å². The van der Waals surface area contributed by atoms with Gasteiger partial charge in [0.1, 0.15) is 6.10 Å². The second kappa shape index (κ2) is 7.71. The van der Waals surface area contributed by atoms with Crippen LogP contribution in [0.25, 0.3) is 0 Å². The van der Waals surface area contributed by atoms with Crippen molar-refractivity contribution >= 4 is 5.69 Å². The van der Waals surface area contributed by atoms with Gasteiger partial charge in [0.15, 0.2) is 17.2 Å². The zero-order chi connectivity index (χ0) is 18.6. The van der Waals surface area contributed by atoms with Crippen LogP contribution in [0.3, 0.4) is 0 Å². The van der Waals surface area contributed by atoms with Crippen LogP contribution in [-0.2, 0) is 0 Å². The average Bonchev–Trinajstić information content (AvgIpc) is 2.65. The molecule has 2 aromatic carbocycles. The number of methoxy groups -OCH3 is 4. The number of hydrogen-bond acceptors (Lipinski definition) is 7. The Kier molecular flexibility index (Phi) is 5.66. The lowest BCUT2D eigenvalue weighted by atomic mass is 10.00. The third-order valence-electron chi connectivity index (χ3n) is 3.72. The number of hydrogen-bond donors (Lipinski definition) is 1. The van der Waals surface area contributed by atoms with Crippen LogP contribution in [0.5, 0.6) is 23.0 Å². The lowest BCUT2D eigenvalue weighted by molar-refractivity contribution is -0.385. The van der Waals surface area contributed by atoms with E-state index in [-0.39, 0.29) is 11.4 Å². The minimum atomic E-state index is -1.07. The maximum absolute atomic E-state index is 11.0. The molecule has 2 rings (SSSR count). The lowest BCUT2D eigenvalue weighted by Gasteiger charge is -2.17. The number of benzene rings is 2. The Morgan fingerprint density at radius 2 is 1.40 bits per heavy atom. The summed E-state index contributed by atoms with van der Waals surface area (Å²) in [5.41, 5.74) is 0.727. The summed E-state index contributed by atoms with van der Waals surface area (Å²) in [5.74, 6) is 1.26. The van der Waals surface area contributed by atoms with Gasteiger partial charge in [-0.25, -0.2) is 0 Å². The van der Waals surface area contributed by atoms with Crippen molar-refractivity contribution in [1.82, 2.24) is 0 Å². The van der Waals surface area contributed by atoms with Crippen molar-refractivity contribution in [3.63, 3.8) is 0 Å². The minimum absolute atomic E-state index is 0.0639. The van der Waals surface area contributed by atoms with E-state index in [9.17, 15) is 15.2 Å². The van der Waals surface area contributed by atoms with E-state index in [2.05, 4.69) is 0 Å². The standard InChI is InChI=1S/C17H19NO7/c1-22-13-7-10(5-6-12(13)18(20)21)16(19)11-8-14(23-2)17(25-4)15(9-11)24-3/h5-9,16,19H,1-4H3/t16-/m1/s1. The summed E-state index contributed by atoms with van der Waals surface area (Å²) in [6, 6.07) is 7.40. The van der Waals surface area contributed by atoms with Gasteiger partial charge < -0.3 is 24.1 Å². The SMILES string of the molecule is COc1cc([C@@H](O)c2cc(OC)c(OC)c(OC)c2)ccc1[N+](=O)[O-]. The summed E-state index contributed by atoms with van der Waals surface area (Å²) < 4.78 is 20.8. The number of nitro benzene ring substituents is 1. The summed E-state index contributed by atoms with van der Waals surface area (Å²) in [4.78, 5) is 10.4. The van der Waals surface area contributed by atoms with Crippen molar-refractivity contribution in [3.8, 4) is 23.0 Å². The molecular weight excluding hydrogens is 330 g/mol. The molecule has 2 aromatic rings. The Labute approximate surface area is 144 Å². The molecule has 0 unspecified atom stereocenters. The van der Waals surface area contributed by atoms with E-state index in [1.165, 1.54) is 46.6 Å². The fourth-order valence-corrected chi connectivity index (χ4v) is 2.47. The monoisotopic (exact) mass is 349 g/mol. The van der Waals surface area contributed by atoms with Crippen LogP contribution in [-0.4, -0.2) is 38.5 Å². The molecule has 0 amide bonds. The molecule has 0 fully saturated rings. The van der Waals surface area contributed by atoms with Gasteiger partial charge in [-0.1, -0.05) is 0 Å². The summed E-state index contributed by atoms with van der Waals surface area (Å²) in [7, 11) is 5.76. The maximum Gasteiger partial charge on any atom is 0.310 e. The molecule has 1 atom stereocenters. The van der Waals surface area contributed by atoms with Gasteiger partial charge in [0.25, 0.3) is 0 Å². The van der Waals surface area contributed by atoms with Crippen LogP contribution in [0.4, 0.5) is 5.69 Å². The molecule has 0 radical (unpaired) electrons.